The van der Waals surface area contributed by atoms with Crippen LogP contribution in [-0.2, 0) is 50.5 Å². The monoisotopic (exact) mass is 545 g/mol. The first-order valence-electron chi connectivity index (χ1n) is 12.6. The first-order chi connectivity index (χ1) is 18.7. The van der Waals surface area contributed by atoms with Gasteiger partial charge in [-0.15, -0.1) is 0 Å². The smallest absolute Gasteiger partial charge is 0.407 e. The van der Waals surface area contributed by atoms with Gasteiger partial charge < -0.3 is 19.3 Å². The highest BCUT2D eigenvalue weighted by Gasteiger charge is 2.53. The average molecular weight is 545 g/mol. The van der Waals surface area contributed by atoms with Gasteiger partial charge in [-0.2, -0.15) is 0 Å². The lowest BCUT2D eigenvalue weighted by atomic mass is 9.86. The van der Waals surface area contributed by atoms with Crippen LogP contribution in [0.15, 0.2) is 59.4 Å². The number of fused-ring (bicyclic) bond motifs is 6. The average Bonchev–Trinajstić information content (AvgIpc) is 3.51. The fourth-order valence-electron chi connectivity index (χ4n) is 5.87. The molecule has 0 saturated carbocycles. The molecule has 1 unspecified atom stereocenters. The minimum atomic E-state index is -4.59. The van der Waals surface area contributed by atoms with E-state index >= 15 is 0 Å². The largest absolute Gasteiger partial charge is 0.508 e. The van der Waals surface area contributed by atoms with E-state index in [0.29, 0.717) is 23.5 Å². The van der Waals surface area contributed by atoms with E-state index in [0.717, 1.165) is 22.0 Å². The third kappa shape index (κ3) is 3.53. The maximum atomic E-state index is 13.7. The van der Waals surface area contributed by atoms with E-state index in [1.54, 1.807) is 23.6 Å². The second kappa shape index (κ2) is 8.34. The van der Waals surface area contributed by atoms with E-state index in [-0.39, 0.29) is 48.6 Å². The molecule has 39 heavy (non-hydrogen) atoms. The molecule has 0 bridgehead atoms. The molecule has 0 aliphatic carbocycles. The highest BCUT2D eigenvalue weighted by Crippen LogP contribution is 2.57. The molecule has 11 heteroatoms. The molecule has 4 aromatic rings. The Bertz CT molecular complexity index is 1830. The van der Waals surface area contributed by atoms with E-state index in [9.17, 15) is 24.2 Å². The molecule has 3 aliphatic rings. The fourth-order valence-corrected chi connectivity index (χ4v) is 7.35. The molecule has 2 N–H and O–H groups in total. The molecule has 198 valence electrons. The van der Waals surface area contributed by atoms with Gasteiger partial charge in [0.15, 0.2) is 0 Å². The number of ether oxygens (including phenoxy) is 1. The lowest BCUT2D eigenvalue weighted by Gasteiger charge is -2.38. The van der Waals surface area contributed by atoms with Crippen molar-refractivity contribution in [1.29, 1.82) is 0 Å². The number of aromatic nitrogens is 2. The Balaban J connectivity index is 1.34. The number of aromatic hydroxyl groups is 1. The molecule has 0 saturated heterocycles. The van der Waals surface area contributed by atoms with Crippen LogP contribution in [0.4, 0.5) is 0 Å². The Labute approximate surface area is 222 Å². The Kier molecular flexibility index (Phi) is 5.18. The molecular weight excluding hydrogens is 521 g/mol. The highest BCUT2D eigenvalue weighted by molar-refractivity contribution is 7.50. The molecule has 0 radical (unpaired) electrons. The van der Waals surface area contributed by atoms with E-state index in [2.05, 4.69) is 0 Å². The maximum absolute atomic E-state index is 13.7. The van der Waals surface area contributed by atoms with Crippen LogP contribution in [-0.4, -0.2) is 30.2 Å². The second-order valence-corrected chi connectivity index (χ2v) is 11.8. The molecule has 10 nitrogen and oxygen atoms in total. The van der Waals surface area contributed by atoms with Crippen LogP contribution in [0.5, 0.6) is 5.75 Å². The van der Waals surface area contributed by atoms with Crippen molar-refractivity contribution in [3.05, 3.63) is 92.8 Å². The first-order valence-corrected chi connectivity index (χ1v) is 14.2. The summed E-state index contributed by atoms with van der Waals surface area (Å²) in [6.45, 7) is 1.87. The standard InChI is InChI=1S/C28H24N3O7P/c1-2-28(38-39(35,36)30-12-17-7-8-20(32)10-18(17)13-30)22-11-24-25-19(9-16-5-3-4-6-23(16)29-25)14-31(24)26(33)21(22)15-37-27(28)34/h3-11,32H,2,12-15H2,1H3,(H,35,36)/t28-/m0/s1. The topological polar surface area (TPSA) is 131 Å². The summed E-state index contributed by atoms with van der Waals surface area (Å²) in [5.41, 5.74) is 2.37. The van der Waals surface area contributed by atoms with Crippen LogP contribution < -0.4 is 5.56 Å². The van der Waals surface area contributed by atoms with Crippen molar-refractivity contribution in [3.63, 3.8) is 0 Å². The molecule has 0 spiro atoms. The Morgan fingerprint density at radius 2 is 1.85 bits per heavy atom. The van der Waals surface area contributed by atoms with Crippen LogP contribution in [0.2, 0.25) is 0 Å². The number of benzene rings is 2. The number of rotatable bonds is 4. The third-order valence-electron chi connectivity index (χ3n) is 7.91. The summed E-state index contributed by atoms with van der Waals surface area (Å²) in [6.07, 6.45) is -0.0359. The van der Waals surface area contributed by atoms with Gasteiger partial charge in [0.2, 0.25) is 5.60 Å². The quantitative estimate of drug-likeness (QED) is 0.255. The number of hydrogen-bond donors (Lipinski definition) is 2. The van der Waals surface area contributed by atoms with E-state index in [1.165, 1.54) is 16.8 Å². The van der Waals surface area contributed by atoms with Crippen molar-refractivity contribution < 1.29 is 28.6 Å². The summed E-state index contributed by atoms with van der Waals surface area (Å²) in [5, 5.41) is 10.8. The summed E-state index contributed by atoms with van der Waals surface area (Å²) >= 11 is 0. The summed E-state index contributed by atoms with van der Waals surface area (Å²) in [4.78, 5) is 43.0. The minimum Gasteiger partial charge on any atom is -0.508 e. The zero-order valence-corrected chi connectivity index (χ0v) is 21.9. The molecule has 2 aromatic heterocycles. The van der Waals surface area contributed by atoms with Gasteiger partial charge in [0.1, 0.15) is 12.4 Å². The zero-order valence-electron chi connectivity index (χ0n) is 21.0. The number of para-hydroxylation sites is 1. The number of phenolic OH excluding ortho intramolecular Hbond substituents is 1. The van der Waals surface area contributed by atoms with Gasteiger partial charge >= 0.3 is 13.7 Å². The molecule has 0 amide bonds. The predicted octanol–water partition coefficient (Wildman–Crippen LogP) is 3.93. The Hall–Kier alpha value is -3.82. The van der Waals surface area contributed by atoms with Crippen molar-refractivity contribution in [2.45, 2.75) is 45.2 Å². The summed E-state index contributed by atoms with van der Waals surface area (Å²) in [5.74, 6) is -0.773. The minimum absolute atomic E-state index is 0.0359. The van der Waals surface area contributed by atoms with Gasteiger partial charge in [0, 0.05) is 29.6 Å². The number of hydrogen-bond acceptors (Lipinski definition) is 7. The van der Waals surface area contributed by atoms with Gasteiger partial charge in [-0.1, -0.05) is 31.2 Å². The number of carbonyl (C=O) groups is 1. The number of cyclic esters (lactones) is 1. The summed E-state index contributed by atoms with van der Waals surface area (Å²) in [6, 6.07) is 16.1. The van der Waals surface area contributed by atoms with Crippen LogP contribution in [0.25, 0.3) is 22.3 Å². The van der Waals surface area contributed by atoms with Gasteiger partial charge in [-0.25, -0.2) is 19.0 Å². The number of esters is 1. The van der Waals surface area contributed by atoms with Crippen LogP contribution in [0.1, 0.15) is 41.2 Å². The number of phenols is 1. The highest BCUT2D eigenvalue weighted by atomic mass is 31.2. The molecule has 2 aromatic carbocycles. The van der Waals surface area contributed by atoms with Crippen molar-refractivity contribution in [2.24, 2.45) is 0 Å². The first kappa shape index (κ1) is 24.2. The second-order valence-electron chi connectivity index (χ2n) is 10.1. The molecule has 0 fully saturated rings. The van der Waals surface area contributed by atoms with Gasteiger partial charge in [0.05, 0.1) is 29.0 Å². The van der Waals surface area contributed by atoms with Crippen LogP contribution in [0, 0.1) is 0 Å². The van der Waals surface area contributed by atoms with Gasteiger partial charge in [0.25, 0.3) is 5.56 Å². The Morgan fingerprint density at radius 3 is 2.67 bits per heavy atom. The van der Waals surface area contributed by atoms with Crippen molar-refractivity contribution in [1.82, 2.24) is 14.2 Å². The number of pyridine rings is 2. The van der Waals surface area contributed by atoms with E-state index in [1.807, 2.05) is 30.3 Å². The van der Waals surface area contributed by atoms with Crippen molar-refractivity contribution >= 4 is 24.6 Å². The number of nitrogens with zero attached hydrogens (tertiary/aromatic N) is 3. The number of carbonyl (C=O) groups excluding carboxylic acids is 1. The van der Waals surface area contributed by atoms with E-state index < -0.39 is 19.3 Å². The van der Waals surface area contributed by atoms with Gasteiger partial charge in [-0.3, -0.25) is 9.32 Å². The summed E-state index contributed by atoms with van der Waals surface area (Å²) in [7, 11) is -4.59. The zero-order chi connectivity index (χ0) is 27.1. The van der Waals surface area contributed by atoms with E-state index in [4.69, 9.17) is 14.2 Å². The molecule has 7 rings (SSSR count). The van der Waals surface area contributed by atoms with Crippen LogP contribution >= 0.6 is 7.75 Å². The fraction of sp³-hybridized carbons (Fsp3) is 0.250. The Morgan fingerprint density at radius 1 is 1.05 bits per heavy atom. The molecule has 2 atom stereocenters. The normalized spacial score (nSPS) is 21.1. The lowest BCUT2D eigenvalue weighted by molar-refractivity contribution is -0.170. The lowest BCUT2D eigenvalue weighted by Crippen LogP contribution is -2.46. The van der Waals surface area contributed by atoms with Crippen molar-refractivity contribution in [3.8, 4) is 17.1 Å². The summed E-state index contributed by atoms with van der Waals surface area (Å²) < 4.78 is 27.8. The van der Waals surface area contributed by atoms with Gasteiger partial charge in [-0.05, 0) is 47.9 Å². The van der Waals surface area contributed by atoms with Crippen LogP contribution in [0.3, 0.4) is 0 Å². The molecule has 5 heterocycles. The SMILES string of the molecule is CC[C@@]1(OP(=O)(O)N2Cc3ccc(O)cc3C2)C(=O)OCc2c1cc1n(c2=O)Cc2cc3ccccc3nc2-1. The van der Waals surface area contributed by atoms with Crippen molar-refractivity contribution in [2.75, 3.05) is 0 Å². The molecular formula is C28H24N3O7P. The third-order valence-corrected chi connectivity index (χ3v) is 9.46. The molecule has 3 aliphatic heterocycles. The maximum Gasteiger partial charge on any atom is 0.407 e. The predicted molar refractivity (Wildman–Crippen MR) is 141 cm³/mol.